The first-order chi connectivity index (χ1) is 9.22. The third-order valence-corrected chi connectivity index (χ3v) is 3.75. The van der Waals surface area contributed by atoms with Gasteiger partial charge in [-0.2, -0.15) is 0 Å². The molecule has 101 valence electrons. The van der Waals surface area contributed by atoms with Gasteiger partial charge in [0.1, 0.15) is 6.33 Å². The predicted molar refractivity (Wildman–Crippen MR) is 75.6 cm³/mol. The fraction of sp³-hybridized carbons (Fsp3) is 0.231. The molecule has 0 spiro atoms. The Bertz CT molecular complexity index is 609. The van der Waals surface area contributed by atoms with Crippen LogP contribution < -0.4 is 0 Å². The van der Waals surface area contributed by atoms with Crippen molar-refractivity contribution in [2.45, 2.75) is 13.0 Å². The summed E-state index contributed by atoms with van der Waals surface area (Å²) >= 11 is 11.9. The number of aromatic nitrogens is 2. The van der Waals surface area contributed by atoms with Crippen LogP contribution in [-0.4, -0.2) is 21.5 Å². The Morgan fingerprint density at radius 2 is 2.05 bits per heavy atom. The molecule has 1 aliphatic rings. The molecule has 4 nitrogen and oxygen atoms in total. The van der Waals surface area contributed by atoms with Crippen molar-refractivity contribution in [3.63, 3.8) is 0 Å². The zero-order chi connectivity index (χ0) is 13.2. The molecule has 1 aliphatic heterocycles. The first-order valence-corrected chi connectivity index (χ1v) is 6.67. The van der Waals surface area contributed by atoms with Gasteiger partial charge in [0.15, 0.2) is 0 Å². The van der Waals surface area contributed by atoms with Crippen molar-refractivity contribution < 1.29 is 32.7 Å². The van der Waals surface area contributed by atoms with E-state index in [-0.39, 0.29) is 32.7 Å². The van der Waals surface area contributed by atoms with Gasteiger partial charge in [-0.3, -0.25) is 0 Å². The molecule has 1 aromatic carbocycles. The number of hydrogen-bond acceptors (Lipinski definition) is 3. The van der Waals surface area contributed by atoms with Crippen molar-refractivity contribution in [3.8, 4) is 0 Å². The van der Waals surface area contributed by atoms with E-state index < -0.39 is 0 Å². The van der Waals surface area contributed by atoms with Crippen LogP contribution in [0.3, 0.4) is 0 Å². The van der Waals surface area contributed by atoms with Gasteiger partial charge in [0, 0.05) is 45.5 Å². The first kappa shape index (κ1) is 16.1. The molecule has 0 fully saturated rings. The van der Waals surface area contributed by atoms with Gasteiger partial charge in [-0.05, 0) is 24.6 Å². The van der Waals surface area contributed by atoms with Gasteiger partial charge in [-0.25, -0.2) is 9.97 Å². The molecule has 0 aliphatic carbocycles. The molecule has 1 aromatic heterocycles. The summed E-state index contributed by atoms with van der Waals surface area (Å²) in [5.74, 6) is 0. The number of rotatable bonds is 2. The molecule has 0 bridgehead atoms. The maximum absolute atomic E-state index is 5.98. The molecule has 7 heteroatoms. The Balaban J connectivity index is 0.00000147. The number of halogens is 2. The van der Waals surface area contributed by atoms with Gasteiger partial charge in [0.05, 0.1) is 15.7 Å². The SMILES string of the molecule is Clc1ccc([N-]N2CCc3cncnc3C2)cc1Cl.[Y]. The molecule has 0 saturated heterocycles. The summed E-state index contributed by atoms with van der Waals surface area (Å²) in [4.78, 5) is 8.32. The Kier molecular flexibility index (Phi) is 5.76. The van der Waals surface area contributed by atoms with Gasteiger partial charge >= 0.3 is 0 Å². The van der Waals surface area contributed by atoms with E-state index in [2.05, 4.69) is 15.4 Å². The average Bonchev–Trinajstić information content (AvgIpc) is 2.43. The fourth-order valence-electron chi connectivity index (χ4n) is 2.03. The van der Waals surface area contributed by atoms with Gasteiger partial charge in [0.2, 0.25) is 0 Å². The third kappa shape index (κ3) is 3.68. The molecule has 0 N–H and O–H groups in total. The van der Waals surface area contributed by atoms with E-state index in [1.807, 2.05) is 17.3 Å². The van der Waals surface area contributed by atoms with Crippen molar-refractivity contribution in [1.29, 1.82) is 0 Å². The zero-order valence-corrected chi connectivity index (χ0v) is 15.0. The van der Waals surface area contributed by atoms with Crippen LogP contribution in [0.1, 0.15) is 11.3 Å². The van der Waals surface area contributed by atoms with E-state index in [0.717, 1.165) is 24.3 Å². The molecule has 0 saturated carbocycles. The smallest absolute Gasteiger partial charge is 0.115 e. The minimum atomic E-state index is 0. The fourth-order valence-corrected chi connectivity index (χ4v) is 2.32. The van der Waals surface area contributed by atoms with Crippen molar-refractivity contribution >= 4 is 28.9 Å². The van der Waals surface area contributed by atoms with E-state index in [4.69, 9.17) is 23.2 Å². The largest absolute Gasteiger partial charge is 0.619 e. The van der Waals surface area contributed by atoms with Gasteiger partial charge in [0.25, 0.3) is 0 Å². The predicted octanol–water partition coefficient (Wildman–Crippen LogP) is 3.76. The second-order valence-corrected chi connectivity index (χ2v) is 5.15. The molecule has 0 unspecified atom stereocenters. The second-order valence-electron chi connectivity index (χ2n) is 4.33. The van der Waals surface area contributed by atoms with Gasteiger partial charge in [-0.1, -0.05) is 35.3 Å². The number of hydrogen-bond donors (Lipinski definition) is 0. The molecule has 2 heterocycles. The molecular weight excluding hydrogens is 372 g/mol. The summed E-state index contributed by atoms with van der Waals surface area (Å²) in [6.07, 6.45) is 4.35. The summed E-state index contributed by atoms with van der Waals surface area (Å²) in [7, 11) is 0. The summed E-state index contributed by atoms with van der Waals surface area (Å²) in [6.45, 7) is 1.54. The maximum Gasteiger partial charge on any atom is 0.115 e. The van der Waals surface area contributed by atoms with Crippen LogP contribution in [0.15, 0.2) is 30.7 Å². The molecule has 2 aromatic rings. The van der Waals surface area contributed by atoms with Crippen LogP contribution >= 0.6 is 23.2 Å². The zero-order valence-electron chi connectivity index (χ0n) is 10.6. The maximum atomic E-state index is 5.98. The number of benzene rings is 1. The molecule has 3 rings (SSSR count). The van der Waals surface area contributed by atoms with E-state index in [1.54, 1.807) is 18.5 Å². The molecular formula is C13H11Cl2N4Y-. The summed E-state index contributed by atoms with van der Waals surface area (Å²) < 4.78 is 0. The number of nitrogens with zero attached hydrogens (tertiary/aromatic N) is 4. The Labute approximate surface area is 152 Å². The van der Waals surface area contributed by atoms with E-state index >= 15 is 0 Å². The van der Waals surface area contributed by atoms with Crippen LogP contribution in [0, 0.1) is 0 Å². The molecule has 0 atom stereocenters. The average molecular weight is 383 g/mol. The standard InChI is InChI=1S/C13H11Cl2N4.Y/c14-11-2-1-10(5-12(11)15)18-19-4-3-9-6-16-8-17-13(9)7-19;/h1-2,5-6,8H,3-4,7H2;/q-1;. The van der Waals surface area contributed by atoms with E-state index in [1.165, 1.54) is 5.56 Å². The second kappa shape index (κ2) is 7.14. The minimum Gasteiger partial charge on any atom is -0.619 e. The Morgan fingerprint density at radius 1 is 1.20 bits per heavy atom. The normalized spacial score (nSPS) is 14.3. The first-order valence-electron chi connectivity index (χ1n) is 5.92. The van der Waals surface area contributed by atoms with Crippen LogP contribution in [-0.2, 0) is 45.7 Å². The summed E-state index contributed by atoms with van der Waals surface area (Å²) in [6, 6.07) is 5.37. The van der Waals surface area contributed by atoms with E-state index in [0.29, 0.717) is 16.6 Å². The van der Waals surface area contributed by atoms with Gasteiger partial charge in [-0.15, -0.1) is 5.69 Å². The molecule has 20 heavy (non-hydrogen) atoms. The third-order valence-electron chi connectivity index (χ3n) is 3.01. The van der Waals surface area contributed by atoms with Crippen LogP contribution in [0.4, 0.5) is 5.69 Å². The van der Waals surface area contributed by atoms with Crippen molar-refractivity contribution in [2.75, 3.05) is 6.54 Å². The summed E-state index contributed by atoms with van der Waals surface area (Å²) in [5, 5.41) is 3.04. The number of fused-ring (bicyclic) bond motifs is 1. The van der Waals surface area contributed by atoms with Crippen molar-refractivity contribution in [3.05, 3.63) is 57.5 Å². The Hall–Kier alpha value is -0.256. The summed E-state index contributed by atoms with van der Waals surface area (Å²) in [5.41, 5.74) is 7.58. The monoisotopic (exact) mass is 382 g/mol. The van der Waals surface area contributed by atoms with E-state index in [9.17, 15) is 0 Å². The molecule has 1 radical (unpaired) electrons. The van der Waals surface area contributed by atoms with Crippen LogP contribution in [0.5, 0.6) is 0 Å². The molecule has 0 amide bonds. The quantitative estimate of drug-likeness (QED) is 0.794. The minimum absolute atomic E-state index is 0. The topological polar surface area (TPSA) is 43.1 Å². The van der Waals surface area contributed by atoms with Gasteiger partial charge < -0.3 is 10.4 Å². The van der Waals surface area contributed by atoms with Crippen LogP contribution in [0.2, 0.25) is 10.0 Å². The van der Waals surface area contributed by atoms with Crippen molar-refractivity contribution in [2.24, 2.45) is 0 Å². The Morgan fingerprint density at radius 3 is 2.85 bits per heavy atom. The van der Waals surface area contributed by atoms with Crippen molar-refractivity contribution in [1.82, 2.24) is 15.0 Å². The van der Waals surface area contributed by atoms with Crippen LogP contribution in [0.25, 0.3) is 5.43 Å².